The molecule has 0 radical (unpaired) electrons. The standard InChI is InChI=1S/C9H9NO2.C8H11NO.C4H10N2O2/c1-7(12)10-9-4-2-8(6-11)3-5-9;1-10-8-5-3-2-4-7(8)6-9;5-2-1-3(6)4(7)8/h2-6H,1H3,(H,10,12);2-5H,6,9H2,1H3;3H,1-2,5-6H2,(H,7,8). The molecule has 0 saturated heterocycles. The van der Waals surface area contributed by atoms with Crippen molar-refractivity contribution in [3.8, 4) is 5.75 Å². The molecule has 0 aliphatic rings. The maximum Gasteiger partial charge on any atom is 0.320 e. The van der Waals surface area contributed by atoms with E-state index in [2.05, 4.69) is 5.32 Å². The summed E-state index contributed by atoms with van der Waals surface area (Å²) in [4.78, 5) is 30.7. The lowest BCUT2D eigenvalue weighted by Crippen LogP contribution is -2.32. The lowest BCUT2D eigenvalue weighted by atomic mass is 10.2. The Morgan fingerprint density at radius 1 is 1.13 bits per heavy atom. The van der Waals surface area contributed by atoms with Gasteiger partial charge in [0.05, 0.1) is 7.11 Å². The van der Waals surface area contributed by atoms with Crippen LogP contribution in [0.3, 0.4) is 0 Å². The summed E-state index contributed by atoms with van der Waals surface area (Å²) in [5.41, 5.74) is 17.9. The number of hydrogen-bond donors (Lipinski definition) is 5. The van der Waals surface area contributed by atoms with Gasteiger partial charge in [0, 0.05) is 30.3 Å². The summed E-state index contributed by atoms with van der Waals surface area (Å²) in [6.45, 7) is 2.30. The highest BCUT2D eigenvalue weighted by Gasteiger charge is 2.08. The van der Waals surface area contributed by atoms with Crippen molar-refractivity contribution in [3.63, 3.8) is 0 Å². The topological polar surface area (TPSA) is 171 Å². The number of amides is 1. The van der Waals surface area contributed by atoms with E-state index in [1.165, 1.54) is 6.92 Å². The van der Waals surface area contributed by atoms with E-state index in [0.717, 1.165) is 17.6 Å². The average molecular weight is 418 g/mol. The summed E-state index contributed by atoms with van der Waals surface area (Å²) in [5, 5.41) is 10.7. The number of ether oxygens (including phenoxy) is 1. The number of para-hydroxylation sites is 1. The van der Waals surface area contributed by atoms with Crippen LogP contribution in [0.1, 0.15) is 29.3 Å². The lowest BCUT2D eigenvalue weighted by molar-refractivity contribution is -0.138. The quantitative estimate of drug-likeness (QED) is 0.419. The van der Waals surface area contributed by atoms with E-state index in [1.54, 1.807) is 31.4 Å². The van der Waals surface area contributed by atoms with E-state index >= 15 is 0 Å². The normalized spacial score (nSPS) is 10.3. The molecular weight excluding hydrogens is 388 g/mol. The highest BCUT2D eigenvalue weighted by Crippen LogP contribution is 2.15. The van der Waals surface area contributed by atoms with Gasteiger partial charge in [0.2, 0.25) is 5.91 Å². The van der Waals surface area contributed by atoms with Gasteiger partial charge >= 0.3 is 5.97 Å². The summed E-state index contributed by atoms with van der Waals surface area (Å²) < 4.78 is 5.06. The molecule has 0 bridgehead atoms. The van der Waals surface area contributed by atoms with Crippen molar-refractivity contribution in [1.82, 2.24) is 0 Å². The number of aldehydes is 1. The molecule has 1 unspecified atom stereocenters. The van der Waals surface area contributed by atoms with Crippen LogP contribution in [0.4, 0.5) is 5.69 Å². The van der Waals surface area contributed by atoms with Gasteiger partial charge in [-0.05, 0) is 43.3 Å². The van der Waals surface area contributed by atoms with E-state index in [1.807, 2.05) is 24.3 Å². The molecule has 9 nitrogen and oxygen atoms in total. The van der Waals surface area contributed by atoms with Crippen molar-refractivity contribution >= 4 is 23.9 Å². The number of aliphatic carboxylic acids is 1. The number of nitrogens with one attached hydrogen (secondary N) is 1. The summed E-state index contributed by atoms with van der Waals surface area (Å²) in [7, 11) is 1.65. The van der Waals surface area contributed by atoms with Crippen LogP contribution >= 0.6 is 0 Å². The second kappa shape index (κ2) is 15.6. The summed E-state index contributed by atoms with van der Waals surface area (Å²) in [6.07, 6.45) is 1.10. The molecule has 164 valence electrons. The highest BCUT2D eigenvalue weighted by molar-refractivity contribution is 5.89. The third kappa shape index (κ3) is 11.5. The van der Waals surface area contributed by atoms with E-state index in [-0.39, 0.29) is 5.91 Å². The molecular formula is C21H30N4O5. The fraction of sp³-hybridized carbons (Fsp3) is 0.286. The maximum absolute atomic E-state index is 10.6. The van der Waals surface area contributed by atoms with Gasteiger partial charge in [0.15, 0.2) is 0 Å². The van der Waals surface area contributed by atoms with Crippen LogP contribution in [0.2, 0.25) is 0 Å². The molecule has 0 heterocycles. The summed E-state index contributed by atoms with van der Waals surface area (Å²) >= 11 is 0. The molecule has 0 spiro atoms. The number of carboxylic acid groups (broad SMARTS) is 1. The minimum Gasteiger partial charge on any atom is -0.496 e. The number of methoxy groups -OCH3 is 1. The Kier molecular flexibility index (Phi) is 13.9. The van der Waals surface area contributed by atoms with Gasteiger partial charge in [-0.15, -0.1) is 0 Å². The molecule has 1 atom stereocenters. The van der Waals surface area contributed by atoms with Gasteiger partial charge < -0.3 is 32.4 Å². The Bertz CT molecular complexity index is 758. The highest BCUT2D eigenvalue weighted by atomic mass is 16.5. The van der Waals surface area contributed by atoms with Crippen LogP contribution in [0.5, 0.6) is 5.75 Å². The summed E-state index contributed by atoms with van der Waals surface area (Å²) in [6, 6.07) is 13.6. The largest absolute Gasteiger partial charge is 0.496 e. The third-order valence-electron chi connectivity index (χ3n) is 3.57. The molecule has 0 aliphatic carbocycles. The first-order valence-electron chi connectivity index (χ1n) is 9.12. The molecule has 0 saturated carbocycles. The molecule has 0 aliphatic heterocycles. The van der Waals surface area contributed by atoms with E-state index in [9.17, 15) is 14.4 Å². The molecule has 2 rings (SSSR count). The monoisotopic (exact) mass is 418 g/mol. The molecule has 30 heavy (non-hydrogen) atoms. The number of carbonyl (C=O) groups is 3. The molecule has 2 aromatic rings. The molecule has 8 N–H and O–H groups in total. The van der Waals surface area contributed by atoms with Crippen molar-refractivity contribution in [2.75, 3.05) is 19.0 Å². The Hall–Kier alpha value is -3.27. The van der Waals surface area contributed by atoms with E-state index in [0.29, 0.717) is 30.8 Å². The fourth-order valence-electron chi connectivity index (χ4n) is 2.02. The molecule has 0 aromatic heterocycles. The Labute approximate surface area is 176 Å². The van der Waals surface area contributed by atoms with Crippen molar-refractivity contribution < 1.29 is 24.2 Å². The Balaban J connectivity index is 0.000000431. The Morgan fingerprint density at radius 3 is 2.10 bits per heavy atom. The zero-order chi connectivity index (χ0) is 22.9. The number of carbonyl (C=O) groups excluding carboxylic acids is 2. The predicted octanol–water partition coefficient (Wildman–Crippen LogP) is 1.36. The van der Waals surface area contributed by atoms with Crippen molar-refractivity contribution in [3.05, 3.63) is 59.7 Å². The van der Waals surface area contributed by atoms with Crippen molar-refractivity contribution in [2.45, 2.75) is 25.9 Å². The first-order valence-corrected chi connectivity index (χ1v) is 9.12. The van der Waals surface area contributed by atoms with Crippen LogP contribution in [0, 0.1) is 0 Å². The number of nitrogens with two attached hydrogens (primary N) is 3. The zero-order valence-electron chi connectivity index (χ0n) is 17.2. The number of hydrogen-bond acceptors (Lipinski definition) is 7. The predicted molar refractivity (Wildman–Crippen MR) is 116 cm³/mol. The van der Waals surface area contributed by atoms with Gasteiger partial charge in [-0.2, -0.15) is 0 Å². The van der Waals surface area contributed by atoms with Crippen molar-refractivity contribution in [1.29, 1.82) is 0 Å². The number of benzene rings is 2. The Morgan fingerprint density at radius 2 is 1.73 bits per heavy atom. The van der Waals surface area contributed by atoms with Crippen LogP contribution < -0.4 is 27.3 Å². The van der Waals surface area contributed by atoms with Crippen LogP contribution in [0.25, 0.3) is 0 Å². The van der Waals surface area contributed by atoms with Gasteiger partial charge in [-0.1, -0.05) is 18.2 Å². The van der Waals surface area contributed by atoms with Crippen LogP contribution in [-0.2, 0) is 16.1 Å². The molecule has 2 aromatic carbocycles. The maximum atomic E-state index is 10.6. The third-order valence-corrected chi connectivity index (χ3v) is 3.57. The average Bonchev–Trinajstić information content (AvgIpc) is 2.74. The zero-order valence-corrected chi connectivity index (χ0v) is 17.2. The number of anilines is 1. The molecule has 9 heteroatoms. The van der Waals surface area contributed by atoms with Gasteiger partial charge in [0.25, 0.3) is 0 Å². The number of carboxylic acids is 1. The van der Waals surface area contributed by atoms with Gasteiger partial charge in [-0.3, -0.25) is 14.4 Å². The second-order valence-electron chi connectivity index (χ2n) is 5.96. The minimum absolute atomic E-state index is 0.117. The molecule has 0 fully saturated rings. The fourth-order valence-corrected chi connectivity index (χ4v) is 2.02. The SMILES string of the molecule is CC(=O)Nc1ccc(C=O)cc1.COc1ccccc1CN.NCCC(N)C(=O)O. The van der Waals surface area contributed by atoms with E-state index in [4.69, 9.17) is 27.0 Å². The summed E-state index contributed by atoms with van der Waals surface area (Å²) in [5.74, 6) is -0.241. The van der Waals surface area contributed by atoms with Gasteiger partial charge in [-0.25, -0.2) is 0 Å². The van der Waals surface area contributed by atoms with Crippen LogP contribution in [0.15, 0.2) is 48.5 Å². The minimum atomic E-state index is -0.990. The first kappa shape index (κ1) is 26.7. The number of rotatable bonds is 7. The lowest BCUT2D eigenvalue weighted by Gasteiger charge is -2.03. The molecule has 1 amide bonds. The van der Waals surface area contributed by atoms with Gasteiger partial charge in [0.1, 0.15) is 18.1 Å². The van der Waals surface area contributed by atoms with Crippen LogP contribution in [-0.4, -0.2) is 43.0 Å². The smallest absolute Gasteiger partial charge is 0.320 e. The second-order valence-corrected chi connectivity index (χ2v) is 5.96. The first-order chi connectivity index (χ1) is 14.3. The van der Waals surface area contributed by atoms with Crippen molar-refractivity contribution in [2.24, 2.45) is 17.2 Å². The van der Waals surface area contributed by atoms with E-state index < -0.39 is 12.0 Å².